The molecular formula is C18H34O3. The highest BCUT2D eigenvalue weighted by Crippen LogP contribution is 2.17. The van der Waals surface area contributed by atoms with E-state index in [4.69, 9.17) is 14.6 Å². The van der Waals surface area contributed by atoms with Crippen LogP contribution in [0.5, 0.6) is 0 Å². The third-order valence-corrected chi connectivity index (χ3v) is 3.95. The maximum absolute atomic E-state index is 8.67. The van der Waals surface area contributed by atoms with Gasteiger partial charge >= 0.3 is 0 Å². The van der Waals surface area contributed by atoms with E-state index in [0.29, 0.717) is 12.7 Å². The lowest BCUT2D eigenvalue weighted by Crippen LogP contribution is -2.18. The molecule has 21 heavy (non-hydrogen) atoms. The zero-order valence-corrected chi connectivity index (χ0v) is 13.8. The lowest BCUT2D eigenvalue weighted by atomic mass is 10.1. The molecule has 3 nitrogen and oxygen atoms in total. The van der Waals surface area contributed by atoms with Crippen molar-refractivity contribution < 1.29 is 14.6 Å². The quantitative estimate of drug-likeness (QED) is 0.399. The molecule has 1 N–H and O–H groups in total. The second kappa shape index (κ2) is 13.3. The average molecular weight is 298 g/mol. The first-order valence-electron chi connectivity index (χ1n) is 8.86. The van der Waals surface area contributed by atoms with Crippen molar-refractivity contribution in [3.63, 3.8) is 0 Å². The zero-order valence-electron chi connectivity index (χ0n) is 13.8. The van der Waals surface area contributed by atoms with Gasteiger partial charge in [-0.15, -0.1) is 0 Å². The molecule has 3 heteroatoms. The van der Waals surface area contributed by atoms with Crippen LogP contribution in [0.1, 0.15) is 77.6 Å². The molecule has 1 saturated heterocycles. The Morgan fingerprint density at radius 3 is 2.48 bits per heavy atom. The molecule has 0 radical (unpaired) electrons. The van der Waals surface area contributed by atoms with E-state index in [1.165, 1.54) is 32.1 Å². The Balaban J connectivity index is 1.81. The van der Waals surface area contributed by atoms with Crippen LogP contribution in [0.3, 0.4) is 0 Å². The number of allylic oxidation sites excluding steroid dienone is 2. The van der Waals surface area contributed by atoms with Gasteiger partial charge in [0.15, 0.2) is 6.29 Å². The molecule has 0 aromatic carbocycles. The van der Waals surface area contributed by atoms with E-state index in [1.54, 1.807) is 0 Å². The second-order valence-electron chi connectivity index (χ2n) is 6.07. The Kier molecular flexibility index (Phi) is 11.8. The lowest BCUT2D eigenvalue weighted by Gasteiger charge is -2.17. The number of aliphatic hydroxyl groups excluding tert-OH is 1. The molecule has 1 aliphatic rings. The van der Waals surface area contributed by atoms with Gasteiger partial charge in [0.1, 0.15) is 0 Å². The molecule has 0 aromatic rings. The first-order valence-corrected chi connectivity index (χ1v) is 8.86. The van der Waals surface area contributed by atoms with Crippen molar-refractivity contribution in [2.75, 3.05) is 13.2 Å². The van der Waals surface area contributed by atoms with E-state index in [1.807, 2.05) is 0 Å². The fourth-order valence-electron chi connectivity index (χ4n) is 2.64. The van der Waals surface area contributed by atoms with E-state index in [2.05, 4.69) is 19.1 Å². The minimum Gasteiger partial charge on any atom is -0.396 e. The van der Waals surface area contributed by atoms with Crippen LogP contribution in [-0.4, -0.2) is 30.7 Å². The Morgan fingerprint density at radius 1 is 1.10 bits per heavy atom. The molecule has 0 aliphatic carbocycles. The predicted molar refractivity (Wildman–Crippen MR) is 87.3 cm³/mol. The van der Waals surface area contributed by atoms with Crippen molar-refractivity contribution in [1.82, 2.24) is 0 Å². The fraction of sp³-hybridized carbons (Fsp3) is 0.889. The molecular weight excluding hydrogens is 264 g/mol. The summed E-state index contributed by atoms with van der Waals surface area (Å²) >= 11 is 0. The normalized spacial score (nSPS) is 20.4. The molecule has 1 fully saturated rings. The van der Waals surface area contributed by atoms with Gasteiger partial charge < -0.3 is 14.6 Å². The summed E-state index contributed by atoms with van der Waals surface area (Å²) in [6.45, 7) is 3.35. The van der Waals surface area contributed by atoms with Crippen molar-refractivity contribution in [2.45, 2.75) is 89.9 Å². The van der Waals surface area contributed by atoms with Crippen LogP contribution in [0.25, 0.3) is 0 Å². The van der Waals surface area contributed by atoms with E-state index in [0.717, 1.165) is 45.1 Å². The van der Waals surface area contributed by atoms with Gasteiger partial charge in [0.2, 0.25) is 0 Å². The highest BCUT2D eigenvalue weighted by molar-refractivity contribution is 4.81. The Labute approximate surface area is 130 Å². The predicted octanol–water partition coefficient (Wildman–Crippen LogP) is 4.59. The number of aliphatic hydroxyl groups is 1. The van der Waals surface area contributed by atoms with Crippen LogP contribution >= 0.6 is 0 Å². The number of hydrogen-bond acceptors (Lipinski definition) is 3. The van der Waals surface area contributed by atoms with Crippen molar-refractivity contribution in [1.29, 1.82) is 0 Å². The molecule has 124 valence electrons. The van der Waals surface area contributed by atoms with Crippen molar-refractivity contribution >= 4 is 0 Å². The maximum Gasteiger partial charge on any atom is 0.158 e. The minimum atomic E-state index is 0.0657. The van der Waals surface area contributed by atoms with Crippen LogP contribution in [0.2, 0.25) is 0 Å². The molecule has 1 rings (SSSR count). The Bertz CT molecular complexity index is 247. The van der Waals surface area contributed by atoms with Gasteiger partial charge in [-0.2, -0.15) is 0 Å². The molecule has 1 heterocycles. The average Bonchev–Trinajstić information content (AvgIpc) is 2.97. The molecule has 2 atom stereocenters. The van der Waals surface area contributed by atoms with E-state index < -0.39 is 0 Å². The summed E-state index contributed by atoms with van der Waals surface area (Å²) in [5, 5.41) is 8.67. The summed E-state index contributed by atoms with van der Waals surface area (Å²) in [5.41, 5.74) is 0. The number of ether oxygens (including phenoxy) is 2. The lowest BCUT2D eigenvalue weighted by molar-refractivity contribution is -0.140. The summed E-state index contributed by atoms with van der Waals surface area (Å²) < 4.78 is 11.3. The third-order valence-electron chi connectivity index (χ3n) is 3.95. The fourth-order valence-corrected chi connectivity index (χ4v) is 2.64. The summed E-state index contributed by atoms with van der Waals surface area (Å²) in [7, 11) is 0. The van der Waals surface area contributed by atoms with Gasteiger partial charge in [0.25, 0.3) is 0 Å². The number of rotatable bonds is 13. The highest BCUT2D eigenvalue weighted by atomic mass is 16.7. The summed E-state index contributed by atoms with van der Waals surface area (Å²) in [5.74, 6) is 0. The van der Waals surface area contributed by atoms with Gasteiger partial charge in [-0.25, -0.2) is 0 Å². The molecule has 0 saturated carbocycles. The van der Waals surface area contributed by atoms with Gasteiger partial charge in [0.05, 0.1) is 6.10 Å². The SMILES string of the molecule is CC(CCCCCC/C=C\CCCCO)OC1CCCO1. The summed E-state index contributed by atoms with van der Waals surface area (Å²) in [6.07, 6.45) is 17.8. The third kappa shape index (κ3) is 10.9. The molecule has 1 aliphatic heterocycles. The van der Waals surface area contributed by atoms with Gasteiger partial charge in [-0.3, -0.25) is 0 Å². The molecule has 0 amide bonds. The maximum atomic E-state index is 8.67. The first kappa shape index (κ1) is 18.7. The van der Waals surface area contributed by atoms with Crippen molar-refractivity contribution in [3.05, 3.63) is 12.2 Å². The largest absolute Gasteiger partial charge is 0.396 e. The van der Waals surface area contributed by atoms with Gasteiger partial charge in [-0.05, 0) is 51.9 Å². The molecule has 0 aromatic heterocycles. The highest BCUT2D eigenvalue weighted by Gasteiger charge is 2.18. The van der Waals surface area contributed by atoms with E-state index >= 15 is 0 Å². The van der Waals surface area contributed by atoms with Gasteiger partial charge in [-0.1, -0.05) is 31.4 Å². The Hall–Kier alpha value is -0.380. The van der Waals surface area contributed by atoms with Crippen LogP contribution in [0.4, 0.5) is 0 Å². The molecule has 2 unspecified atom stereocenters. The zero-order chi connectivity index (χ0) is 15.2. The topological polar surface area (TPSA) is 38.7 Å². The van der Waals surface area contributed by atoms with Crippen molar-refractivity contribution in [2.24, 2.45) is 0 Å². The van der Waals surface area contributed by atoms with Crippen LogP contribution in [0, 0.1) is 0 Å². The smallest absolute Gasteiger partial charge is 0.158 e. The number of unbranched alkanes of at least 4 members (excludes halogenated alkanes) is 6. The summed E-state index contributed by atoms with van der Waals surface area (Å²) in [4.78, 5) is 0. The van der Waals surface area contributed by atoms with Crippen LogP contribution < -0.4 is 0 Å². The monoisotopic (exact) mass is 298 g/mol. The van der Waals surface area contributed by atoms with E-state index in [-0.39, 0.29) is 6.29 Å². The Morgan fingerprint density at radius 2 is 1.81 bits per heavy atom. The summed E-state index contributed by atoms with van der Waals surface area (Å²) in [6, 6.07) is 0. The number of hydrogen-bond donors (Lipinski definition) is 1. The van der Waals surface area contributed by atoms with E-state index in [9.17, 15) is 0 Å². The first-order chi connectivity index (χ1) is 10.3. The van der Waals surface area contributed by atoms with Crippen LogP contribution in [-0.2, 0) is 9.47 Å². The molecule has 0 spiro atoms. The minimum absolute atomic E-state index is 0.0657. The molecule has 0 bridgehead atoms. The standard InChI is InChI=1S/C18H34O3/c1-17(21-18-14-12-16-20-18)13-10-8-6-4-2-3-5-7-9-11-15-19/h3,5,17-19H,2,4,6-16H2,1H3/b5-3-. The second-order valence-corrected chi connectivity index (χ2v) is 6.07. The van der Waals surface area contributed by atoms with Crippen molar-refractivity contribution in [3.8, 4) is 0 Å². The van der Waals surface area contributed by atoms with Crippen LogP contribution in [0.15, 0.2) is 12.2 Å². The van der Waals surface area contributed by atoms with Gasteiger partial charge in [0, 0.05) is 19.6 Å².